The lowest BCUT2D eigenvalue weighted by Gasteiger charge is -2.30. The van der Waals surface area contributed by atoms with Crippen molar-refractivity contribution in [2.45, 2.75) is 51.0 Å². The van der Waals surface area contributed by atoms with Crippen LogP contribution in [0, 0.1) is 0 Å². The van der Waals surface area contributed by atoms with Gasteiger partial charge in [-0.25, -0.2) is 0 Å². The molecule has 1 aliphatic carbocycles. The zero-order valence-corrected chi connectivity index (χ0v) is 16.4. The molecule has 2 aromatic carbocycles. The van der Waals surface area contributed by atoms with Crippen LogP contribution in [0.2, 0.25) is 0 Å². The fourth-order valence-electron chi connectivity index (χ4n) is 4.59. The lowest BCUT2D eigenvalue weighted by Crippen LogP contribution is -2.33. The van der Waals surface area contributed by atoms with Crippen molar-refractivity contribution >= 4 is 11.6 Å². The largest absolute Gasteiger partial charge is 0.372 e. The number of hydrogen-bond donors (Lipinski definition) is 0. The SMILES string of the molecule is CN(Cc1ccc(N2CCCCC2)cc1)C(=O)C1CCCc2ccccc21. The van der Waals surface area contributed by atoms with Crippen LogP contribution < -0.4 is 4.90 Å². The van der Waals surface area contributed by atoms with Gasteiger partial charge in [0.25, 0.3) is 0 Å². The molecule has 0 radical (unpaired) electrons. The summed E-state index contributed by atoms with van der Waals surface area (Å²) in [5, 5.41) is 0. The summed E-state index contributed by atoms with van der Waals surface area (Å²) in [6.45, 7) is 3.01. The van der Waals surface area contributed by atoms with Crippen LogP contribution in [0.5, 0.6) is 0 Å². The highest BCUT2D eigenvalue weighted by Gasteiger charge is 2.28. The molecule has 4 rings (SSSR count). The Morgan fingerprint density at radius 3 is 2.52 bits per heavy atom. The Hall–Kier alpha value is -2.29. The molecule has 0 spiro atoms. The second-order valence-corrected chi connectivity index (χ2v) is 8.05. The molecule has 0 bridgehead atoms. The van der Waals surface area contributed by atoms with Gasteiger partial charge in [0.2, 0.25) is 5.91 Å². The third-order valence-electron chi connectivity index (χ3n) is 6.12. The Labute approximate surface area is 163 Å². The smallest absolute Gasteiger partial charge is 0.230 e. The normalized spacial score (nSPS) is 19.4. The maximum Gasteiger partial charge on any atom is 0.230 e. The number of amides is 1. The van der Waals surface area contributed by atoms with Gasteiger partial charge < -0.3 is 9.80 Å². The number of piperidine rings is 1. The van der Waals surface area contributed by atoms with Crippen LogP contribution >= 0.6 is 0 Å². The number of rotatable bonds is 4. The van der Waals surface area contributed by atoms with Crippen molar-refractivity contribution < 1.29 is 4.79 Å². The minimum Gasteiger partial charge on any atom is -0.372 e. The standard InChI is InChI=1S/C24H30N2O/c1-25(24(27)23-11-7-9-20-8-3-4-10-22(20)23)18-19-12-14-21(15-13-19)26-16-5-2-6-17-26/h3-4,8,10,12-15,23H,2,5-7,9,11,16-18H2,1H3. The minimum absolute atomic E-state index is 0.0209. The van der Waals surface area contributed by atoms with Crippen LogP contribution in [0.1, 0.15) is 54.7 Å². The van der Waals surface area contributed by atoms with Gasteiger partial charge in [0.1, 0.15) is 0 Å². The van der Waals surface area contributed by atoms with Crippen LogP contribution in [0.25, 0.3) is 0 Å². The van der Waals surface area contributed by atoms with Gasteiger partial charge in [-0.1, -0.05) is 36.4 Å². The molecule has 1 aliphatic heterocycles. The van der Waals surface area contributed by atoms with Crippen molar-refractivity contribution in [3.63, 3.8) is 0 Å². The van der Waals surface area contributed by atoms with Crippen LogP contribution in [0.15, 0.2) is 48.5 Å². The van der Waals surface area contributed by atoms with E-state index < -0.39 is 0 Å². The molecule has 2 aliphatic rings. The van der Waals surface area contributed by atoms with Gasteiger partial charge in [-0.3, -0.25) is 4.79 Å². The Bertz CT molecular complexity index is 777. The van der Waals surface area contributed by atoms with Gasteiger partial charge >= 0.3 is 0 Å². The zero-order valence-electron chi connectivity index (χ0n) is 16.4. The lowest BCUT2D eigenvalue weighted by atomic mass is 9.82. The Kier molecular flexibility index (Phi) is 5.47. The number of anilines is 1. The van der Waals surface area contributed by atoms with Crippen molar-refractivity contribution in [1.29, 1.82) is 0 Å². The van der Waals surface area contributed by atoms with E-state index in [0.717, 1.165) is 19.3 Å². The summed E-state index contributed by atoms with van der Waals surface area (Å²) in [7, 11) is 1.94. The van der Waals surface area contributed by atoms with E-state index in [4.69, 9.17) is 0 Å². The third-order valence-corrected chi connectivity index (χ3v) is 6.12. The number of benzene rings is 2. The molecular weight excluding hydrogens is 332 g/mol. The molecular formula is C24H30N2O. The number of hydrogen-bond acceptors (Lipinski definition) is 2. The first-order valence-corrected chi connectivity index (χ1v) is 10.4. The van der Waals surface area contributed by atoms with Crippen molar-refractivity contribution in [1.82, 2.24) is 4.90 Å². The predicted octanol–water partition coefficient (Wildman–Crippen LogP) is 4.76. The molecule has 1 amide bonds. The van der Waals surface area contributed by atoms with E-state index in [-0.39, 0.29) is 11.8 Å². The van der Waals surface area contributed by atoms with Crippen molar-refractivity contribution in [3.8, 4) is 0 Å². The fraction of sp³-hybridized carbons (Fsp3) is 0.458. The zero-order chi connectivity index (χ0) is 18.6. The number of fused-ring (bicyclic) bond motifs is 1. The minimum atomic E-state index is 0.0209. The van der Waals surface area contributed by atoms with E-state index in [0.29, 0.717) is 6.54 Å². The molecule has 142 valence electrons. The van der Waals surface area contributed by atoms with E-state index in [1.54, 1.807) is 0 Å². The molecule has 0 N–H and O–H groups in total. The number of nitrogens with zero attached hydrogens (tertiary/aromatic N) is 2. The van der Waals surface area contributed by atoms with Crippen molar-refractivity contribution in [3.05, 3.63) is 65.2 Å². The van der Waals surface area contributed by atoms with Crippen molar-refractivity contribution in [2.75, 3.05) is 25.0 Å². The molecule has 0 aromatic heterocycles. The maximum atomic E-state index is 13.1. The van der Waals surface area contributed by atoms with Crippen LogP contribution in [0.3, 0.4) is 0 Å². The fourth-order valence-corrected chi connectivity index (χ4v) is 4.59. The molecule has 2 aromatic rings. The molecule has 27 heavy (non-hydrogen) atoms. The third kappa shape index (κ3) is 4.02. The van der Waals surface area contributed by atoms with Crippen LogP contribution in [-0.4, -0.2) is 30.9 Å². The molecule has 1 saturated heterocycles. The summed E-state index contributed by atoms with van der Waals surface area (Å²) < 4.78 is 0. The Morgan fingerprint density at radius 1 is 1.00 bits per heavy atom. The maximum absolute atomic E-state index is 13.1. The topological polar surface area (TPSA) is 23.6 Å². The number of aryl methyl sites for hydroxylation is 1. The highest BCUT2D eigenvalue weighted by atomic mass is 16.2. The summed E-state index contributed by atoms with van der Waals surface area (Å²) in [6, 6.07) is 17.3. The van der Waals surface area contributed by atoms with Gasteiger partial charge in [0.05, 0.1) is 5.92 Å². The summed E-state index contributed by atoms with van der Waals surface area (Å²) in [5.41, 5.74) is 5.10. The molecule has 3 heteroatoms. The van der Waals surface area contributed by atoms with Gasteiger partial charge in [-0.15, -0.1) is 0 Å². The molecule has 1 atom stereocenters. The van der Waals surface area contributed by atoms with E-state index in [9.17, 15) is 4.79 Å². The second-order valence-electron chi connectivity index (χ2n) is 8.05. The van der Waals surface area contributed by atoms with Gasteiger partial charge in [-0.2, -0.15) is 0 Å². The van der Waals surface area contributed by atoms with Gasteiger partial charge in [0.15, 0.2) is 0 Å². The molecule has 3 nitrogen and oxygen atoms in total. The van der Waals surface area contributed by atoms with Crippen molar-refractivity contribution in [2.24, 2.45) is 0 Å². The first kappa shape index (κ1) is 18.1. The van der Waals surface area contributed by atoms with E-state index in [2.05, 4.69) is 53.4 Å². The summed E-state index contributed by atoms with van der Waals surface area (Å²) in [4.78, 5) is 17.5. The average Bonchev–Trinajstić information content (AvgIpc) is 2.74. The molecule has 0 saturated carbocycles. The van der Waals surface area contributed by atoms with Gasteiger partial charge in [-0.05, 0) is 67.3 Å². The predicted molar refractivity (Wildman–Crippen MR) is 111 cm³/mol. The Balaban J connectivity index is 1.41. The number of carbonyl (C=O) groups excluding carboxylic acids is 1. The first-order valence-electron chi connectivity index (χ1n) is 10.4. The van der Waals surface area contributed by atoms with Crippen LogP contribution in [-0.2, 0) is 17.8 Å². The van der Waals surface area contributed by atoms with E-state index >= 15 is 0 Å². The van der Waals surface area contributed by atoms with Gasteiger partial charge in [0, 0.05) is 32.4 Å². The number of likely N-dealkylation sites (N-methyl/N-ethyl adjacent to an activating group) is 1. The summed E-state index contributed by atoms with van der Waals surface area (Å²) in [5.74, 6) is 0.273. The molecule has 1 unspecified atom stereocenters. The quantitative estimate of drug-likeness (QED) is 0.783. The highest BCUT2D eigenvalue weighted by Crippen LogP contribution is 2.33. The summed E-state index contributed by atoms with van der Waals surface area (Å²) >= 11 is 0. The monoisotopic (exact) mass is 362 g/mol. The van der Waals surface area contributed by atoms with Crippen LogP contribution in [0.4, 0.5) is 5.69 Å². The molecule has 1 fully saturated rings. The highest BCUT2D eigenvalue weighted by molar-refractivity contribution is 5.84. The Morgan fingerprint density at radius 2 is 1.74 bits per heavy atom. The van der Waals surface area contributed by atoms with E-state index in [1.807, 2.05) is 11.9 Å². The first-order chi connectivity index (χ1) is 13.2. The van der Waals surface area contributed by atoms with E-state index in [1.165, 1.54) is 54.7 Å². The summed E-state index contributed by atoms with van der Waals surface area (Å²) in [6.07, 6.45) is 7.11. The second kappa shape index (κ2) is 8.16. The number of carbonyl (C=O) groups is 1. The molecule has 1 heterocycles. The average molecular weight is 363 g/mol. The lowest BCUT2D eigenvalue weighted by molar-refractivity contribution is -0.132.